The predicted molar refractivity (Wildman–Crippen MR) is 65.9 cm³/mol. The number of hydrogen-bond donors (Lipinski definition) is 2. The Morgan fingerprint density at radius 2 is 2.38 bits per heavy atom. The van der Waals surface area contributed by atoms with Gasteiger partial charge in [0.1, 0.15) is 0 Å². The van der Waals surface area contributed by atoms with E-state index in [1.54, 1.807) is 6.20 Å². The molecule has 0 spiro atoms. The summed E-state index contributed by atoms with van der Waals surface area (Å²) in [6.07, 6.45) is 3.36. The summed E-state index contributed by atoms with van der Waals surface area (Å²) < 4.78 is 13.9. The third-order valence-corrected chi connectivity index (χ3v) is 2.72. The summed E-state index contributed by atoms with van der Waals surface area (Å²) in [5.41, 5.74) is 0. The number of aromatic nitrogens is 1. The molecule has 0 aromatic carbocycles. The lowest BCUT2D eigenvalue weighted by atomic mass is 10.1. The molecule has 0 aliphatic heterocycles. The average Bonchev–Trinajstić information content (AvgIpc) is 2.26. The minimum absolute atomic E-state index is 0.199. The van der Waals surface area contributed by atoms with Crippen molar-refractivity contribution >= 4 is 21.7 Å². The Kier molecular flexibility index (Phi) is 5.69. The Balaban J connectivity index is 2.32. The third kappa shape index (κ3) is 4.45. The number of nitrogens with zero attached hydrogens (tertiary/aromatic N) is 1. The molecule has 90 valence electrons. The van der Waals surface area contributed by atoms with Crippen LogP contribution in [0.1, 0.15) is 19.8 Å². The molecule has 3 nitrogen and oxygen atoms in total. The highest BCUT2D eigenvalue weighted by atomic mass is 79.9. The Bertz CT molecular complexity index is 336. The van der Waals surface area contributed by atoms with Gasteiger partial charge in [-0.15, -0.1) is 0 Å². The highest BCUT2D eigenvalue weighted by Crippen LogP contribution is 2.16. The summed E-state index contributed by atoms with van der Waals surface area (Å²) in [5.74, 6) is 0.217. The molecule has 0 fully saturated rings. The van der Waals surface area contributed by atoms with Gasteiger partial charge in [0, 0.05) is 23.8 Å². The topological polar surface area (TPSA) is 45.1 Å². The predicted octanol–water partition coefficient (Wildman–Crippen LogP) is 2.80. The maximum atomic E-state index is 13.3. The van der Waals surface area contributed by atoms with Crippen molar-refractivity contribution in [3.05, 3.63) is 22.6 Å². The van der Waals surface area contributed by atoms with Gasteiger partial charge in [0.15, 0.2) is 11.6 Å². The van der Waals surface area contributed by atoms with Crippen LogP contribution in [-0.2, 0) is 0 Å². The van der Waals surface area contributed by atoms with Crippen molar-refractivity contribution in [3.63, 3.8) is 0 Å². The van der Waals surface area contributed by atoms with Crippen LogP contribution in [0.2, 0.25) is 0 Å². The molecule has 0 saturated heterocycles. The summed E-state index contributed by atoms with van der Waals surface area (Å²) in [6, 6.07) is 1.38. The molecular weight excluding hydrogens is 275 g/mol. The lowest BCUT2D eigenvalue weighted by molar-refractivity contribution is 0.229. The quantitative estimate of drug-likeness (QED) is 0.792. The zero-order valence-electron chi connectivity index (χ0n) is 9.21. The molecule has 1 atom stereocenters. The van der Waals surface area contributed by atoms with Gasteiger partial charge in [0.05, 0.1) is 0 Å². The molecule has 16 heavy (non-hydrogen) atoms. The van der Waals surface area contributed by atoms with Crippen molar-refractivity contribution in [3.8, 4) is 0 Å². The van der Waals surface area contributed by atoms with Gasteiger partial charge in [0.2, 0.25) is 0 Å². The number of pyridine rings is 1. The summed E-state index contributed by atoms with van der Waals surface area (Å²) >= 11 is 3.15. The van der Waals surface area contributed by atoms with Crippen molar-refractivity contribution in [1.29, 1.82) is 0 Å². The van der Waals surface area contributed by atoms with Gasteiger partial charge < -0.3 is 10.4 Å². The minimum atomic E-state index is -0.357. The zero-order valence-corrected chi connectivity index (χ0v) is 10.8. The van der Waals surface area contributed by atoms with E-state index in [9.17, 15) is 4.39 Å². The Morgan fingerprint density at radius 3 is 3.00 bits per heavy atom. The second-order valence-corrected chi connectivity index (χ2v) is 4.76. The van der Waals surface area contributed by atoms with E-state index in [0.29, 0.717) is 16.9 Å². The molecule has 1 aromatic heterocycles. The molecule has 1 rings (SSSR count). The number of aliphatic hydroxyl groups is 1. The van der Waals surface area contributed by atoms with Crippen molar-refractivity contribution in [2.75, 3.05) is 18.5 Å². The monoisotopic (exact) mass is 290 g/mol. The summed E-state index contributed by atoms with van der Waals surface area (Å²) in [6.45, 7) is 2.85. The molecule has 1 aromatic rings. The highest BCUT2D eigenvalue weighted by Gasteiger charge is 2.04. The fraction of sp³-hybridized carbons (Fsp3) is 0.545. The SMILES string of the molecule is CC(CO)CCCNc1ncc(Br)cc1F. The zero-order chi connectivity index (χ0) is 12.0. The van der Waals surface area contributed by atoms with Gasteiger partial charge in [-0.2, -0.15) is 0 Å². The molecule has 1 heterocycles. The van der Waals surface area contributed by atoms with Crippen LogP contribution in [0, 0.1) is 11.7 Å². The lowest BCUT2D eigenvalue weighted by Gasteiger charge is -2.09. The first-order valence-electron chi connectivity index (χ1n) is 5.29. The molecule has 1 unspecified atom stereocenters. The molecule has 0 aliphatic carbocycles. The summed E-state index contributed by atoms with van der Waals surface area (Å²) in [4.78, 5) is 3.93. The van der Waals surface area contributed by atoms with Crippen LogP contribution in [0.15, 0.2) is 16.7 Å². The van der Waals surface area contributed by atoms with E-state index < -0.39 is 0 Å². The first kappa shape index (κ1) is 13.4. The smallest absolute Gasteiger partial charge is 0.166 e. The largest absolute Gasteiger partial charge is 0.396 e. The first-order valence-corrected chi connectivity index (χ1v) is 6.08. The maximum Gasteiger partial charge on any atom is 0.166 e. The maximum absolute atomic E-state index is 13.3. The lowest BCUT2D eigenvalue weighted by Crippen LogP contribution is -2.08. The molecule has 2 N–H and O–H groups in total. The number of halogens is 2. The second-order valence-electron chi connectivity index (χ2n) is 3.84. The summed E-state index contributed by atoms with van der Waals surface area (Å²) in [5, 5.41) is 11.8. The fourth-order valence-corrected chi connectivity index (χ4v) is 1.60. The second kappa shape index (κ2) is 6.81. The van der Waals surface area contributed by atoms with E-state index >= 15 is 0 Å². The summed E-state index contributed by atoms with van der Waals surface area (Å²) in [7, 11) is 0. The fourth-order valence-electron chi connectivity index (χ4n) is 1.29. The Hall–Kier alpha value is -0.680. The van der Waals surface area contributed by atoms with Crippen molar-refractivity contribution in [1.82, 2.24) is 4.98 Å². The van der Waals surface area contributed by atoms with Gasteiger partial charge >= 0.3 is 0 Å². The third-order valence-electron chi connectivity index (χ3n) is 2.29. The number of anilines is 1. The molecular formula is C11H16BrFN2O. The van der Waals surface area contributed by atoms with Gasteiger partial charge in [-0.05, 0) is 40.8 Å². The van der Waals surface area contributed by atoms with Gasteiger partial charge in [-0.25, -0.2) is 9.37 Å². The van der Waals surface area contributed by atoms with Crippen LogP contribution < -0.4 is 5.32 Å². The van der Waals surface area contributed by atoms with Crippen LogP contribution in [0.5, 0.6) is 0 Å². The molecule has 5 heteroatoms. The van der Waals surface area contributed by atoms with Gasteiger partial charge in [0.25, 0.3) is 0 Å². The minimum Gasteiger partial charge on any atom is -0.396 e. The molecule has 0 aliphatic rings. The number of nitrogens with one attached hydrogen (secondary N) is 1. The first-order chi connectivity index (χ1) is 7.63. The Labute approximate surface area is 103 Å². The average molecular weight is 291 g/mol. The molecule has 0 bridgehead atoms. The number of rotatable bonds is 6. The van der Waals surface area contributed by atoms with Crippen molar-refractivity contribution in [2.24, 2.45) is 5.92 Å². The van der Waals surface area contributed by atoms with Crippen molar-refractivity contribution < 1.29 is 9.50 Å². The van der Waals surface area contributed by atoms with Crippen LogP contribution in [0.3, 0.4) is 0 Å². The number of hydrogen-bond acceptors (Lipinski definition) is 3. The van der Waals surface area contributed by atoms with Crippen LogP contribution >= 0.6 is 15.9 Å². The van der Waals surface area contributed by atoms with E-state index in [2.05, 4.69) is 26.2 Å². The molecule has 0 saturated carbocycles. The van der Waals surface area contributed by atoms with Crippen molar-refractivity contribution in [2.45, 2.75) is 19.8 Å². The van der Waals surface area contributed by atoms with E-state index in [1.807, 2.05) is 6.92 Å². The molecule has 0 amide bonds. The van der Waals surface area contributed by atoms with Crippen LogP contribution in [0.25, 0.3) is 0 Å². The van der Waals surface area contributed by atoms with Crippen LogP contribution in [-0.4, -0.2) is 23.2 Å². The van der Waals surface area contributed by atoms with Gasteiger partial charge in [-0.3, -0.25) is 0 Å². The standard InChI is InChI=1S/C11H16BrFN2O/c1-8(7-16)3-2-4-14-11-10(13)5-9(12)6-15-11/h5-6,8,16H,2-4,7H2,1H3,(H,14,15). The highest BCUT2D eigenvalue weighted by molar-refractivity contribution is 9.10. The van der Waals surface area contributed by atoms with E-state index in [1.165, 1.54) is 6.07 Å². The number of aliphatic hydroxyl groups excluding tert-OH is 1. The Morgan fingerprint density at radius 1 is 1.62 bits per heavy atom. The normalized spacial score (nSPS) is 12.5. The van der Waals surface area contributed by atoms with Gasteiger partial charge in [-0.1, -0.05) is 6.92 Å². The van der Waals surface area contributed by atoms with E-state index in [0.717, 1.165) is 12.8 Å². The molecule has 0 radical (unpaired) electrons. The van der Waals surface area contributed by atoms with E-state index in [4.69, 9.17) is 5.11 Å². The van der Waals surface area contributed by atoms with Crippen LogP contribution in [0.4, 0.5) is 10.2 Å². The van der Waals surface area contributed by atoms with E-state index in [-0.39, 0.29) is 18.2 Å².